The fraction of sp³-hybridized carbons (Fsp3) is 0.167. The van der Waals surface area contributed by atoms with Gasteiger partial charge < -0.3 is 10.4 Å². The first-order valence-corrected chi connectivity index (χ1v) is 5.31. The maximum Gasteiger partial charge on any atom is 0.149 e. The molecule has 0 saturated heterocycles. The van der Waals surface area contributed by atoms with Crippen molar-refractivity contribution in [3.8, 4) is 17.5 Å². The number of aromatic hydroxyl groups is 1. The van der Waals surface area contributed by atoms with Crippen LogP contribution in [0.2, 0.25) is 0 Å². The van der Waals surface area contributed by atoms with Gasteiger partial charge in [-0.3, -0.25) is 0 Å². The Labute approximate surface area is 97.9 Å². The minimum absolute atomic E-state index is 0.123. The summed E-state index contributed by atoms with van der Waals surface area (Å²) in [7, 11) is 0. The van der Waals surface area contributed by atoms with Crippen molar-refractivity contribution in [1.29, 1.82) is 5.26 Å². The van der Waals surface area contributed by atoms with Crippen LogP contribution in [0.5, 0.6) is 5.75 Å². The quantitative estimate of drug-likeness (QED) is 0.762. The maximum atomic E-state index is 9.79. The van der Waals surface area contributed by atoms with Crippen LogP contribution in [0.3, 0.4) is 0 Å². The van der Waals surface area contributed by atoms with Crippen LogP contribution in [0.1, 0.15) is 17.0 Å². The van der Waals surface area contributed by atoms with E-state index in [-0.39, 0.29) is 5.75 Å². The van der Waals surface area contributed by atoms with Crippen LogP contribution in [-0.2, 0) is 13.1 Å². The summed E-state index contributed by atoms with van der Waals surface area (Å²) in [5.41, 5.74) is 2.84. The molecule has 2 heterocycles. The second kappa shape index (κ2) is 3.61. The summed E-state index contributed by atoms with van der Waals surface area (Å²) >= 11 is 0. The summed E-state index contributed by atoms with van der Waals surface area (Å²) in [4.78, 5) is 0. The Morgan fingerprint density at radius 2 is 2.18 bits per heavy atom. The number of nitriles is 1. The van der Waals surface area contributed by atoms with E-state index in [9.17, 15) is 10.4 Å². The highest BCUT2D eigenvalue weighted by atomic mass is 16.3. The van der Waals surface area contributed by atoms with Crippen molar-refractivity contribution in [1.82, 2.24) is 15.1 Å². The molecule has 2 aromatic rings. The largest absolute Gasteiger partial charge is 0.506 e. The van der Waals surface area contributed by atoms with Gasteiger partial charge in [-0.25, -0.2) is 4.68 Å². The zero-order valence-corrected chi connectivity index (χ0v) is 9.01. The molecule has 0 saturated carbocycles. The van der Waals surface area contributed by atoms with Gasteiger partial charge in [0, 0.05) is 18.7 Å². The second-order valence-corrected chi connectivity index (χ2v) is 3.89. The minimum atomic E-state index is 0.123. The molecule has 0 bridgehead atoms. The molecule has 0 amide bonds. The summed E-state index contributed by atoms with van der Waals surface area (Å²) < 4.78 is 1.51. The molecule has 0 aliphatic carbocycles. The first kappa shape index (κ1) is 9.87. The maximum absolute atomic E-state index is 9.79. The molecule has 84 valence electrons. The molecule has 5 heteroatoms. The molecule has 3 rings (SSSR count). The highest BCUT2D eigenvalue weighted by Gasteiger charge is 2.23. The Morgan fingerprint density at radius 1 is 1.35 bits per heavy atom. The zero-order valence-electron chi connectivity index (χ0n) is 9.01. The average Bonchev–Trinajstić information content (AvgIpc) is 2.89. The van der Waals surface area contributed by atoms with Gasteiger partial charge in [0.25, 0.3) is 0 Å². The van der Waals surface area contributed by atoms with Gasteiger partial charge in [0.2, 0.25) is 0 Å². The molecule has 2 N–H and O–H groups in total. The standard InChI is InChI=1S/C12H10N4O/c13-5-11-8-6-14-7-9(8)15-16(11)10-3-1-2-4-12(10)17/h1-4,14,17H,6-7H2. The molecule has 1 aromatic carbocycles. The van der Waals surface area contributed by atoms with E-state index in [2.05, 4.69) is 16.5 Å². The number of hydrogen-bond acceptors (Lipinski definition) is 4. The van der Waals surface area contributed by atoms with Crippen LogP contribution < -0.4 is 5.32 Å². The van der Waals surface area contributed by atoms with E-state index >= 15 is 0 Å². The Balaban J connectivity index is 2.23. The van der Waals surface area contributed by atoms with Gasteiger partial charge >= 0.3 is 0 Å². The molecule has 0 spiro atoms. The van der Waals surface area contributed by atoms with E-state index in [1.807, 2.05) is 0 Å². The van der Waals surface area contributed by atoms with E-state index in [1.54, 1.807) is 24.3 Å². The summed E-state index contributed by atoms with van der Waals surface area (Å²) in [5.74, 6) is 0.123. The van der Waals surface area contributed by atoms with Gasteiger partial charge in [-0.2, -0.15) is 10.4 Å². The molecule has 0 atom stereocenters. The van der Waals surface area contributed by atoms with Crippen molar-refractivity contribution in [2.75, 3.05) is 0 Å². The smallest absolute Gasteiger partial charge is 0.149 e. The van der Waals surface area contributed by atoms with E-state index in [0.717, 1.165) is 11.3 Å². The number of phenolic OH excluding ortho intramolecular Hbond substituents is 1. The van der Waals surface area contributed by atoms with Crippen molar-refractivity contribution in [2.24, 2.45) is 0 Å². The van der Waals surface area contributed by atoms with E-state index < -0.39 is 0 Å². The SMILES string of the molecule is N#Cc1c2c(nn1-c1ccccc1O)CNC2. The number of nitrogens with one attached hydrogen (secondary N) is 1. The number of para-hydroxylation sites is 2. The molecule has 0 fully saturated rings. The lowest BCUT2D eigenvalue weighted by molar-refractivity contribution is 0.470. The lowest BCUT2D eigenvalue weighted by atomic mass is 10.2. The normalized spacial score (nSPS) is 13.4. The molecule has 5 nitrogen and oxygen atoms in total. The lowest BCUT2D eigenvalue weighted by Gasteiger charge is -2.06. The van der Waals surface area contributed by atoms with Crippen LogP contribution in [0.4, 0.5) is 0 Å². The number of nitrogens with zero attached hydrogens (tertiary/aromatic N) is 3. The number of phenols is 1. The predicted octanol–water partition coefficient (Wildman–Crippen LogP) is 1.05. The Hall–Kier alpha value is -2.32. The fourth-order valence-electron chi connectivity index (χ4n) is 2.06. The number of hydrogen-bond donors (Lipinski definition) is 2. The molecule has 1 aromatic heterocycles. The van der Waals surface area contributed by atoms with E-state index in [4.69, 9.17) is 0 Å². The van der Waals surface area contributed by atoms with E-state index in [1.165, 1.54) is 4.68 Å². The van der Waals surface area contributed by atoms with E-state index in [0.29, 0.717) is 24.5 Å². The summed E-state index contributed by atoms with van der Waals surface area (Å²) in [6, 6.07) is 9.02. The summed E-state index contributed by atoms with van der Waals surface area (Å²) in [6.07, 6.45) is 0. The Bertz CT molecular complexity index is 624. The predicted molar refractivity (Wildman–Crippen MR) is 60.5 cm³/mol. The zero-order chi connectivity index (χ0) is 11.8. The molecular formula is C12H10N4O. The first-order chi connectivity index (χ1) is 8.31. The number of rotatable bonds is 1. The summed E-state index contributed by atoms with van der Waals surface area (Å²) in [5, 5.41) is 26.5. The van der Waals surface area contributed by atoms with Gasteiger partial charge in [-0.05, 0) is 12.1 Å². The third-order valence-corrected chi connectivity index (χ3v) is 2.88. The molecule has 1 aliphatic rings. The van der Waals surface area contributed by atoms with Crippen molar-refractivity contribution in [3.63, 3.8) is 0 Å². The van der Waals surface area contributed by atoms with Gasteiger partial charge in [0.15, 0.2) is 0 Å². The highest BCUT2D eigenvalue weighted by molar-refractivity contribution is 5.50. The third kappa shape index (κ3) is 1.39. The Kier molecular flexibility index (Phi) is 2.10. The van der Waals surface area contributed by atoms with Crippen LogP contribution in [0.25, 0.3) is 5.69 Å². The lowest BCUT2D eigenvalue weighted by Crippen LogP contribution is -2.08. The first-order valence-electron chi connectivity index (χ1n) is 5.31. The molecule has 1 aliphatic heterocycles. The molecule has 0 unspecified atom stereocenters. The van der Waals surface area contributed by atoms with Crippen molar-refractivity contribution in [3.05, 3.63) is 41.2 Å². The Morgan fingerprint density at radius 3 is 2.94 bits per heavy atom. The fourth-order valence-corrected chi connectivity index (χ4v) is 2.06. The monoisotopic (exact) mass is 226 g/mol. The van der Waals surface area contributed by atoms with Crippen LogP contribution in [-0.4, -0.2) is 14.9 Å². The number of benzene rings is 1. The van der Waals surface area contributed by atoms with Crippen LogP contribution in [0, 0.1) is 11.3 Å². The van der Waals surface area contributed by atoms with Gasteiger partial charge in [0.1, 0.15) is 23.2 Å². The van der Waals surface area contributed by atoms with Crippen LogP contribution >= 0.6 is 0 Å². The van der Waals surface area contributed by atoms with Crippen molar-refractivity contribution < 1.29 is 5.11 Å². The number of aromatic nitrogens is 2. The van der Waals surface area contributed by atoms with Gasteiger partial charge in [0.05, 0.1) is 5.69 Å². The number of fused-ring (bicyclic) bond motifs is 1. The summed E-state index contributed by atoms with van der Waals surface area (Å²) in [6.45, 7) is 1.33. The third-order valence-electron chi connectivity index (χ3n) is 2.88. The van der Waals surface area contributed by atoms with Gasteiger partial charge in [-0.1, -0.05) is 12.1 Å². The van der Waals surface area contributed by atoms with Crippen LogP contribution in [0.15, 0.2) is 24.3 Å². The van der Waals surface area contributed by atoms with Gasteiger partial charge in [-0.15, -0.1) is 0 Å². The molecule has 0 radical (unpaired) electrons. The molecular weight excluding hydrogens is 216 g/mol. The molecule has 17 heavy (non-hydrogen) atoms. The minimum Gasteiger partial charge on any atom is -0.506 e. The second-order valence-electron chi connectivity index (χ2n) is 3.89. The topological polar surface area (TPSA) is 73.9 Å². The highest BCUT2D eigenvalue weighted by Crippen LogP contribution is 2.26. The van der Waals surface area contributed by atoms with Crippen molar-refractivity contribution in [2.45, 2.75) is 13.1 Å². The average molecular weight is 226 g/mol. The van der Waals surface area contributed by atoms with Crippen molar-refractivity contribution >= 4 is 0 Å².